The van der Waals surface area contributed by atoms with Crippen LogP contribution in [-0.4, -0.2) is 21.8 Å². The van der Waals surface area contributed by atoms with Crippen LogP contribution in [0.2, 0.25) is 0 Å². The molecule has 0 bridgehead atoms. The van der Waals surface area contributed by atoms with Crippen LogP contribution < -0.4 is 0 Å². The second-order valence-corrected chi connectivity index (χ2v) is 9.04. The maximum atomic E-state index is 11.7. The van der Waals surface area contributed by atoms with Gasteiger partial charge in [0.25, 0.3) is 0 Å². The Morgan fingerprint density at radius 1 is 1.22 bits per heavy atom. The monoisotopic (exact) mass is 322 g/mol. The molecule has 3 nitrogen and oxygen atoms in total. The lowest BCUT2D eigenvalue weighted by Gasteiger charge is -2.63. The van der Waals surface area contributed by atoms with Crippen molar-refractivity contribution in [2.24, 2.45) is 22.7 Å². The number of rotatable bonds is 4. The van der Waals surface area contributed by atoms with Gasteiger partial charge in [-0.05, 0) is 68.1 Å². The van der Waals surface area contributed by atoms with Crippen molar-refractivity contribution in [3.05, 3.63) is 11.6 Å². The van der Waals surface area contributed by atoms with Gasteiger partial charge in [-0.15, -0.1) is 0 Å². The van der Waals surface area contributed by atoms with E-state index in [2.05, 4.69) is 27.7 Å². The first-order valence-electron chi connectivity index (χ1n) is 9.15. The Labute approximate surface area is 141 Å². The van der Waals surface area contributed by atoms with Crippen LogP contribution in [0, 0.1) is 22.7 Å². The van der Waals surface area contributed by atoms with E-state index in [1.165, 1.54) is 25.3 Å². The zero-order valence-corrected chi connectivity index (χ0v) is 15.5. The van der Waals surface area contributed by atoms with Gasteiger partial charge in [-0.1, -0.05) is 39.7 Å². The minimum Gasteiger partial charge on any atom is -0.478 e. The molecule has 2 aliphatic carbocycles. The number of aliphatic hydroxyl groups is 1. The smallest absolute Gasteiger partial charge is 0.328 e. The molecule has 0 aromatic carbocycles. The minimum atomic E-state index is -0.894. The number of allylic oxidation sites excluding steroid dienone is 1. The van der Waals surface area contributed by atoms with Crippen molar-refractivity contribution in [3.8, 4) is 0 Å². The molecule has 2 N–H and O–H groups in total. The molecule has 0 unspecified atom stereocenters. The molecule has 3 heteroatoms. The SMILES string of the molecule is C/C(=C\C(=O)O)CC[C@@]1(O)[C@@H](C)CC[C@H]2C(C)(C)CCC[C@@]21C. The molecule has 2 saturated carbocycles. The molecule has 0 aromatic heterocycles. The second kappa shape index (κ2) is 6.23. The van der Waals surface area contributed by atoms with Crippen molar-refractivity contribution in [2.75, 3.05) is 0 Å². The lowest BCUT2D eigenvalue weighted by Crippen LogP contribution is -2.62. The third-order valence-corrected chi connectivity index (χ3v) is 7.19. The topological polar surface area (TPSA) is 57.5 Å². The van der Waals surface area contributed by atoms with E-state index in [0.717, 1.165) is 18.4 Å². The Morgan fingerprint density at radius 3 is 2.48 bits per heavy atom. The highest BCUT2D eigenvalue weighted by atomic mass is 16.4. The Balaban J connectivity index is 2.27. The van der Waals surface area contributed by atoms with Crippen molar-refractivity contribution in [1.82, 2.24) is 0 Å². The average molecular weight is 322 g/mol. The Morgan fingerprint density at radius 2 is 1.87 bits per heavy atom. The van der Waals surface area contributed by atoms with Crippen LogP contribution in [0.4, 0.5) is 0 Å². The Bertz CT molecular complexity index is 493. The molecule has 0 aliphatic heterocycles. The molecule has 2 rings (SSSR count). The summed E-state index contributed by atoms with van der Waals surface area (Å²) in [6.07, 6.45) is 8.40. The van der Waals surface area contributed by atoms with Gasteiger partial charge in [-0.25, -0.2) is 4.79 Å². The first-order valence-corrected chi connectivity index (χ1v) is 9.15. The van der Waals surface area contributed by atoms with Crippen LogP contribution in [0.15, 0.2) is 11.6 Å². The summed E-state index contributed by atoms with van der Waals surface area (Å²) in [5.41, 5.74) is 0.378. The molecule has 2 fully saturated rings. The van der Waals surface area contributed by atoms with Crippen molar-refractivity contribution < 1.29 is 15.0 Å². The van der Waals surface area contributed by atoms with Crippen LogP contribution in [-0.2, 0) is 4.79 Å². The fraction of sp³-hybridized carbons (Fsp3) is 0.850. The van der Waals surface area contributed by atoms with Crippen molar-refractivity contribution in [2.45, 2.75) is 85.2 Å². The molecule has 0 spiro atoms. The van der Waals surface area contributed by atoms with E-state index in [9.17, 15) is 9.90 Å². The fourth-order valence-electron chi connectivity index (χ4n) is 5.77. The zero-order chi connectivity index (χ0) is 17.5. The molecule has 2 aliphatic rings. The van der Waals surface area contributed by atoms with Crippen LogP contribution in [0.3, 0.4) is 0 Å². The van der Waals surface area contributed by atoms with E-state index in [1.54, 1.807) is 0 Å². The number of aliphatic carboxylic acids is 1. The predicted octanol–water partition coefficient (Wildman–Crippen LogP) is 4.79. The van der Waals surface area contributed by atoms with E-state index in [-0.39, 0.29) is 16.7 Å². The molecule has 4 atom stereocenters. The number of carboxylic acid groups (broad SMARTS) is 1. The number of fused-ring (bicyclic) bond motifs is 1. The van der Waals surface area contributed by atoms with Crippen LogP contribution >= 0.6 is 0 Å². The lowest BCUT2D eigenvalue weighted by atomic mass is 9.44. The first kappa shape index (κ1) is 18.5. The molecular weight excluding hydrogens is 288 g/mol. The highest BCUT2D eigenvalue weighted by molar-refractivity contribution is 5.80. The normalized spacial score (nSPS) is 40.5. The minimum absolute atomic E-state index is 0.0596. The quantitative estimate of drug-likeness (QED) is 0.732. The summed E-state index contributed by atoms with van der Waals surface area (Å²) < 4.78 is 0. The summed E-state index contributed by atoms with van der Waals surface area (Å²) in [6, 6.07) is 0. The highest BCUT2D eigenvalue weighted by Gasteiger charge is 2.60. The predicted molar refractivity (Wildman–Crippen MR) is 93.2 cm³/mol. The standard InChI is InChI=1S/C20H34O3/c1-14(13-17(21)22)9-12-20(23)15(2)7-8-16-18(3,4)10-6-11-19(16,20)5/h13,15-16,23H,6-12H2,1-5H3,(H,21,22)/b14-13+/t15-,16-,19-,20+/m0/s1. The van der Waals surface area contributed by atoms with Gasteiger partial charge in [0.05, 0.1) is 5.60 Å². The highest BCUT2D eigenvalue weighted by Crippen LogP contribution is 2.63. The van der Waals surface area contributed by atoms with E-state index in [0.29, 0.717) is 18.8 Å². The van der Waals surface area contributed by atoms with Crippen LogP contribution in [0.25, 0.3) is 0 Å². The van der Waals surface area contributed by atoms with Crippen molar-refractivity contribution in [3.63, 3.8) is 0 Å². The molecule has 0 saturated heterocycles. The molecular formula is C20H34O3. The summed E-state index contributed by atoms with van der Waals surface area (Å²) in [4.78, 5) is 10.8. The first-order chi connectivity index (χ1) is 10.5. The summed E-state index contributed by atoms with van der Waals surface area (Å²) in [6.45, 7) is 11.1. The molecule has 0 aromatic rings. The number of hydrogen-bond acceptors (Lipinski definition) is 2. The lowest BCUT2D eigenvalue weighted by molar-refractivity contribution is -0.211. The average Bonchev–Trinajstić information content (AvgIpc) is 2.41. The molecule has 0 heterocycles. The Hall–Kier alpha value is -0.830. The van der Waals surface area contributed by atoms with Gasteiger partial charge in [0.15, 0.2) is 0 Å². The third kappa shape index (κ3) is 3.22. The van der Waals surface area contributed by atoms with E-state index in [1.807, 2.05) is 6.92 Å². The fourth-order valence-corrected chi connectivity index (χ4v) is 5.77. The van der Waals surface area contributed by atoms with Gasteiger partial charge >= 0.3 is 5.97 Å². The number of carbonyl (C=O) groups is 1. The van der Waals surface area contributed by atoms with E-state index in [4.69, 9.17) is 5.11 Å². The molecule has 23 heavy (non-hydrogen) atoms. The molecule has 0 amide bonds. The van der Waals surface area contributed by atoms with Gasteiger partial charge in [0.1, 0.15) is 0 Å². The maximum Gasteiger partial charge on any atom is 0.328 e. The largest absolute Gasteiger partial charge is 0.478 e. The van der Waals surface area contributed by atoms with Crippen LogP contribution in [0.5, 0.6) is 0 Å². The van der Waals surface area contributed by atoms with Crippen LogP contribution in [0.1, 0.15) is 79.6 Å². The number of carboxylic acids is 1. The van der Waals surface area contributed by atoms with E-state index < -0.39 is 11.6 Å². The maximum absolute atomic E-state index is 11.7. The number of hydrogen-bond donors (Lipinski definition) is 2. The van der Waals surface area contributed by atoms with Crippen molar-refractivity contribution >= 4 is 5.97 Å². The van der Waals surface area contributed by atoms with Gasteiger partial charge in [-0.3, -0.25) is 0 Å². The molecule has 0 radical (unpaired) electrons. The Kier molecular flexibility index (Phi) is 5.02. The summed E-state index contributed by atoms with van der Waals surface area (Å²) in [5.74, 6) is -0.0712. The van der Waals surface area contributed by atoms with Gasteiger partial charge in [-0.2, -0.15) is 0 Å². The summed E-state index contributed by atoms with van der Waals surface area (Å²) >= 11 is 0. The van der Waals surface area contributed by atoms with Crippen molar-refractivity contribution in [1.29, 1.82) is 0 Å². The molecule has 132 valence electrons. The summed E-state index contributed by atoms with van der Waals surface area (Å²) in [5, 5.41) is 20.6. The van der Waals surface area contributed by atoms with E-state index >= 15 is 0 Å². The van der Waals surface area contributed by atoms with Gasteiger partial charge in [0, 0.05) is 6.08 Å². The zero-order valence-electron chi connectivity index (χ0n) is 15.5. The van der Waals surface area contributed by atoms with Gasteiger partial charge in [0.2, 0.25) is 0 Å². The summed E-state index contributed by atoms with van der Waals surface area (Å²) in [7, 11) is 0. The van der Waals surface area contributed by atoms with Gasteiger partial charge < -0.3 is 10.2 Å². The third-order valence-electron chi connectivity index (χ3n) is 7.19. The second-order valence-electron chi connectivity index (χ2n) is 9.04.